The van der Waals surface area contributed by atoms with Gasteiger partial charge in [-0.1, -0.05) is 17.7 Å². The molecule has 0 bridgehead atoms. The maximum Gasteiger partial charge on any atom is 0.331 e. The summed E-state index contributed by atoms with van der Waals surface area (Å²) in [5.74, 6) is -0.830. The minimum Gasteiger partial charge on any atom is -0.486 e. The second-order valence-corrected chi connectivity index (χ2v) is 7.07. The number of carboxylic acid groups (broad SMARTS) is 1. The standard InChI is InChI=1S/C18H22N2O5S/c1-12-4-6-14(7-5-12)25-9-16-19-13(10-26-16)8-15(21)20-18(2,11-24-3)17(22)23/h4-7,10H,8-9,11H2,1-3H3,(H,20,21)(H,22,23). The first-order valence-corrected chi connectivity index (χ1v) is 8.86. The minimum absolute atomic E-state index is 0.00633. The van der Waals surface area contributed by atoms with Crippen LogP contribution in [-0.2, 0) is 27.4 Å². The third-order valence-corrected chi connectivity index (χ3v) is 4.52. The van der Waals surface area contributed by atoms with Crippen LogP contribution in [0.3, 0.4) is 0 Å². The predicted octanol–water partition coefficient (Wildman–Crippen LogP) is 2.18. The number of carbonyl (C=O) groups excluding carboxylic acids is 1. The van der Waals surface area contributed by atoms with Gasteiger partial charge in [-0.15, -0.1) is 11.3 Å². The Morgan fingerprint density at radius 2 is 2.00 bits per heavy atom. The number of thiazole rings is 1. The number of rotatable bonds is 9. The van der Waals surface area contributed by atoms with Crippen LogP contribution in [0.5, 0.6) is 5.75 Å². The smallest absolute Gasteiger partial charge is 0.331 e. The summed E-state index contributed by atoms with van der Waals surface area (Å²) in [6.45, 7) is 3.59. The summed E-state index contributed by atoms with van der Waals surface area (Å²) >= 11 is 1.39. The molecule has 1 aromatic heterocycles. The Hall–Kier alpha value is -2.45. The number of nitrogens with zero attached hydrogens (tertiary/aromatic N) is 1. The molecule has 0 aliphatic carbocycles. The van der Waals surface area contributed by atoms with Crippen LogP contribution >= 0.6 is 11.3 Å². The van der Waals surface area contributed by atoms with Crippen molar-refractivity contribution in [3.8, 4) is 5.75 Å². The lowest BCUT2D eigenvalue weighted by Crippen LogP contribution is -2.55. The molecule has 1 heterocycles. The summed E-state index contributed by atoms with van der Waals surface area (Å²) in [6.07, 6.45) is -0.00633. The van der Waals surface area contributed by atoms with Gasteiger partial charge in [0.25, 0.3) is 0 Å². The molecule has 26 heavy (non-hydrogen) atoms. The molecule has 0 saturated carbocycles. The van der Waals surface area contributed by atoms with Crippen LogP contribution in [0, 0.1) is 6.92 Å². The molecule has 140 valence electrons. The average molecular weight is 378 g/mol. The zero-order valence-electron chi connectivity index (χ0n) is 14.9. The topological polar surface area (TPSA) is 97.8 Å². The van der Waals surface area contributed by atoms with Crippen LogP contribution in [-0.4, -0.2) is 41.2 Å². The number of aliphatic carboxylic acids is 1. The molecule has 2 N–H and O–H groups in total. The fraction of sp³-hybridized carbons (Fsp3) is 0.389. The maximum atomic E-state index is 12.1. The quantitative estimate of drug-likeness (QED) is 0.694. The highest BCUT2D eigenvalue weighted by molar-refractivity contribution is 7.09. The zero-order chi connectivity index (χ0) is 19.2. The Balaban J connectivity index is 1.89. The molecule has 0 aliphatic heterocycles. The lowest BCUT2D eigenvalue weighted by Gasteiger charge is -2.25. The monoisotopic (exact) mass is 378 g/mol. The molecule has 0 saturated heterocycles. The normalized spacial score (nSPS) is 13.0. The van der Waals surface area contributed by atoms with Crippen molar-refractivity contribution >= 4 is 23.2 Å². The molecule has 1 unspecified atom stereocenters. The Labute approximate surface area is 156 Å². The third-order valence-electron chi connectivity index (χ3n) is 3.64. The first kappa shape index (κ1) is 19.9. The molecular formula is C18H22N2O5S. The number of hydrogen-bond acceptors (Lipinski definition) is 6. The van der Waals surface area contributed by atoms with Crippen LogP contribution in [0.4, 0.5) is 0 Å². The van der Waals surface area contributed by atoms with Crippen molar-refractivity contribution in [1.29, 1.82) is 0 Å². The summed E-state index contributed by atoms with van der Waals surface area (Å²) in [4.78, 5) is 27.8. The number of aromatic nitrogens is 1. The van der Waals surface area contributed by atoms with E-state index >= 15 is 0 Å². The van der Waals surface area contributed by atoms with E-state index in [0.29, 0.717) is 12.3 Å². The molecule has 1 amide bonds. The number of carbonyl (C=O) groups is 2. The largest absolute Gasteiger partial charge is 0.486 e. The number of aryl methyl sites for hydroxylation is 1. The number of ether oxygens (including phenoxy) is 2. The molecule has 1 atom stereocenters. The van der Waals surface area contributed by atoms with Gasteiger partial charge >= 0.3 is 5.97 Å². The average Bonchev–Trinajstić information content (AvgIpc) is 3.01. The number of carboxylic acids is 1. The first-order chi connectivity index (χ1) is 12.3. The summed E-state index contributed by atoms with van der Waals surface area (Å²) in [7, 11) is 1.38. The Morgan fingerprint density at radius 1 is 1.31 bits per heavy atom. The fourth-order valence-corrected chi connectivity index (χ4v) is 2.94. The SMILES string of the molecule is COCC(C)(NC(=O)Cc1csc(COc2ccc(C)cc2)n1)C(=O)O. The molecule has 1 aromatic carbocycles. The minimum atomic E-state index is -1.47. The van der Waals surface area contributed by atoms with E-state index in [1.165, 1.54) is 25.4 Å². The van der Waals surface area contributed by atoms with E-state index in [9.17, 15) is 14.7 Å². The molecule has 2 rings (SSSR count). The van der Waals surface area contributed by atoms with Crippen molar-refractivity contribution in [3.05, 3.63) is 45.9 Å². The maximum absolute atomic E-state index is 12.1. The van der Waals surface area contributed by atoms with E-state index in [1.54, 1.807) is 5.38 Å². The fourth-order valence-electron chi connectivity index (χ4n) is 2.23. The third kappa shape index (κ3) is 5.53. The molecule has 0 spiro atoms. The lowest BCUT2D eigenvalue weighted by molar-refractivity contribution is -0.149. The number of amides is 1. The summed E-state index contributed by atoms with van der Waals surface area (Å²) < 4.78 is 10.5. The van der Waals surface area contributed by atoms with Gasteiger partial charge in [-0.2, -0.15) is 0 Å². The Bertz CT molecular complexity index is 759. The first-order valence-electron chi connectivity index (χ1n) is 7.98. The van der Waals surface area contributed by atoms with Gasteiger partial charge in [0.15, 0.2) is 5.54 Å². The van der Waals surface area contributed by atoms with Gasteiger partial charge in [-0.25, -0.2) is 9.78 Å². The molecule has 8 heteroatoms. The van der Waals surface area contributed by atoms with E-state index in [4.69, 9.17) is 9.47 Å². The number of methoxy groups -OCH3 is 1. The predicted molar refractivity (Wildman–Crippen MR) is 97.4 cm³/mol. The summed E-state index contributed by atoms with van der Waals surface area (Å²) in [5, 5.41) is 14.2. The lowest BCUT2D eigenvalue weighted by atomic mass is 10.0. The zero-order valence-corrected chi connectivity index (χ0v) is 15.8. The highest BCUT2D eigenvalue weighted by Crippen LogP contribution is 2.16. The van der Waals surface area contributed by atoms with Gasteiger partial charge in [0.05, 0.1) is 18.7 Å². The van der Waals surface area contributed by atoms with Crippen molar-refractivity contribution < 1.29 is 24.2 Å². The van der Waals surface area contributed by atoms with Gasteiger partial charge < -0.3 is 19.9 Å². The molecule has 2 aromatic rings. The van der Waals surface area contributed by atoms with E-state index in [-0.39, 0.29) is 13.0 Å². The van der Waals surface area contributed by atoms with E-state index < -0.39 is 17.4 Å². The molecular weight excluding hydrogens is 356 g/mol. The van der Waals surface area contributed by atoms with Crippen molar-refractivity contribution in [2.45, 2.75) is 32.4 Å². The van der Waals surface area contributed by atoms with Crippen LogP contribution in [0.2, 0.25) is 0 Å². The van der Waals surface area contributed by atoms with Gasteiger partial charge in [-0.05, 0) is 26.0 Å². The Kier molecular flexibility index (Phi) is 6.70. The van der Waals surface area contributed by atoms with Crippen molar-refractivity contribution in [3.63, 3.8) is 0 Å². The van der Waals surface area contributed by atoms with Crippen molar-refractivity contribution in [2.75, 3.05) is 13.7 Å². The van der Waals surface area contributed by atoms with Crippen LogP contribution in [0.15, 0.2) is 29.6 Å². The van der Waals surface area contributed by atoms with Gasteiger partial charge in [-0.3, -0.25) is 4.79 Å². The molecule has 7 nitrogen and oxygen atoms in total. The number of benzene rings is 1. The van der Waals surface area contributed by atoms with Crippen molar-refractivity contribution in [1.82, 2.24) is 10.3 Å². The number of hydrogen-bond donors (Lipinski definition) is 2. The second-order valence-electron chi connectivity index (χ2n) is 6.13. The van der Waals surface area contributed by atoms with Crippen LogP contribution in [0.25, 0.3) is 0 Å². The van der Waals surface area contributed by atoms with E-state index in [1.807, 2.05) is 31.2 Å². The number of nitrogens with one attached hydrogen (secondary N) is 1. The molecule has 0 aliphatic rings. The van der Waals surface area contributed by atoms with Crippen molar-refractivity contribution in [2.24, 2.45) is 0 Å². The van der Waals surface area contributed by atoms with Gasteiger partial charge in [0.1, 0.15) is 17.4 Å². The second kappa shape index (κ2) is 8.77. The Morgan fingerprint density at radius 3 is 2.62 bits per heavy atom. The van der Waals surface area contributed by atoms with E-state index in [0.717, 1.165) is 16.3 Å². The summed E-state index contributed by atoms with van der Waals surface area (Å²) in [5.41, 5.74) is 0.251. The van der Waals surface area contributed by atoms with E-state index in [2.05, 4.69) is 10.3 Å². The highest BCUT2D eigenvalue weighted by atomic mass is 32.1. The van der Waals surface area contributed by atoms with Crippen LogP contribution in [0.1, 0.15) is 23.2 Å². The van der Waals surface area contributed by atoms with Gasteiger partial charge in [0, 0.05) is 12.5 Å². The summed E-state index contributed by atoms with van der Waals surface area (Å²) in [6, 6.07) is 7.71. The highest BCUT2D eigenvalue weighted by Gasteiger charge is 2.35. The van der Waals surface area contributed by atoms with Gasteiger partial charge in [0.2, 0.25) is 5.91 Å². The molecule has 0 fully saturated rings. The van der Waals surface area contributed by atoms with Crippen LogP contribution < -0.4 is 10.1 Å². The molecule has 0 radical (unpaired) electrons.